The van der Waals surface area contributed by atoms with Crippen molar-refractivity contribution in [2.24, 2.45) is 27.2 Å². The number of benzene rings is 1. The lowest BCUT2D eigenvalue weighted by atomic mass is 9.86. The predicted octanol–water partition coefficient (Wildman–Crippen LogP) is 3.36. The van der Waals surface area contributed by atoms with Crippen LogP contribution in [0.2, 0.25) is 0 Å². The van der Waals surface area contributed by atoms with Gasteiger partial charge in [-0.25, -0.2) is 13.6 Å². The van der Waals surface area contributed by atoms with Crippen molar-refractivity contribution in [1.82, 2.24) is 9.78 Å². The summed E-state index contributed by atoms with van der Waals surface area (Å²) in [5.41, 5.74) is 1.34. The van der Waals surface area contributed by atoms with Gasteiger partial charge in [0.25, 0.3) is 0 Å². The quantitative estimate of drug-likeness (QED) is 0.639. The molecule has 0 saturated carbocycles. The highest BCUT2D eigenvalue weighted by atomic mass is 32.2. The van der Waals surface area contributed by atoms with Crippen molar-refractivity contribution in [3.63, 3.8) is 0 Å². The molecule has 1 aliphatic rings. The van der Waals surface area contributed by atoms with E-state index in [1.54, 1.807) is 44.2 Å². The molecule has 0 amide bonds. The fourth-order valence-electron chi connectivity index (χ4n) is 3.16. The zero-order valence-corrected chi connectivity index (χ0v) is 17.1. The van der Waals surface area contributed by atoms with Crippen molar-refractivity contribution in [3.8, 4) is 11.6 Å². The van der Waals surface area contributed by atoms with E-state index >= 15 is 0 Å². The van der Waals surface area contributed by atoms with Gasteiger partial charge >= 0.3 is 0 Å². The molecule has 9 nitrogen and oxygen atoms in total. The van der Waals surface area contributed by atoms with Crippen molar-refractivity contribution in [2.75, 3.05) is 0 Å². The van der Waals surface area contributed by atoms with E-state index in [9.17, 15) is 18.6 Å². The molecule has 3 rings (SSSR count). The number of hydrogen-bond acceptors (Lipinski definition) is 7. The van der Waals surface area contributed by atoms with Gasteiger partial charge in [0, 0.05) is 5.92 Å². The number of aromatic nitrogens is 2. The van der Waals surface area contributed by atoms with E-state index in [-0.39, 0.29) is 34.8 Å². The fraction of sp³-hybridized carbons (Fsp3) is 0.316. The molecule has 2 unspecified atom stereocenters. The summed E-state index contributed by atoms with van der Waals surface area (Å²) in [7, 11) is -3.73. The number of nitrogens with zero attached hydrogens (tertiary/aromatic N) is 4. The number of primary sulfonamides is 1. The van der Waals surface area contributed by atoms with Crippen LogP contribution in [0.25, 0.3) is 5.70 Å². The SMILES string of the molecule is Cc1nn(C2=CC(C(C)S(N)(=O)=O)[C@H](C)C=C2)c(O)c1N=Nc1ccccc1O. The Kier molecular flexibility index (Phi) is 5.58. The summed E-state index contributed by atoms with van der Waals surface area (Å²) >= 11 is 0. The molecule has 0 saturated heterocycles. The van der Waals surface area contributed by atoms with Crippen molar-refractivity contribution < 1.29 is 18.6 Å². The van der Waals surface area contributed by atoms with Gasteiger partial charge in [-0.3, -0.25) is 0 Å². The summed E-state index contributed by atoms with van der Waals surface area (Å²) in [6.07, 6.45) is 5.34. The third-order valence-electron chi connectivity index (χ3n) is 4.99. The van der Waals surface area contributed by atoms with Crippen molar-refractivity contribution in [3.05, 3.63) is 48.2 Å². The van der Waals surface area contributed by atoms with Crippen LogP contribution in [0.4, 0.5) is 11.4 Å². The molecule has 2 aromatic rings. The Hall–Kier alpha value is -2.98. The predicted molar refractivity (Wildman–Crippen MR) is 110 cm³/mol. The van der Waals surface area contributed by atoms with Gasteiger partial charge in [0.1, 0.15) is 11.4 Å². The lowest BCUT2D eigenvalue weighted by molar-refractivity contribution is 0.433. The minimum Gasteiger partial charge on any atom is -0.506 e. The fourth-order valence-corrected chi connectivity index (χ4v) is 3.93. The summed E-state index contributed by atoms with van der Waals surface area (Å²) < 4.78 is 24.9. The molecular weight excluding hydrogens is 394 g/mol. The van der Waals surface area contributed by atoms with E-state index < -0.39 is 15.3 Å². The molecule has 29 heavy (non-hydrogen) atoms. The summed E-state index contributed by atoms with van der Waals surface area (Å²) in [5, 5.41) is 37.2. The molecule has 0 aliphatic heterocycles. The van der Waals surface area contributed by atoms with Crippen LogP contribution in [0.15, 0.2) is 52.7 Å². The highest BCUT2D eigenvalue weighted by Crippen LogP contribution is 2.37. The molecule has 0 fully saturated rings. The smallest absolute Gasteiger partial charge is 0.243 e. The van der Waals surface area contributed by atoms with Crippen LogP contribution in [0, 0.1) is 18.8 Å². The second kappa shape index (κ2) is 7.80. The first-order valence-corrected chi connectivity index (χ1v) is 10.6. The van der Waals surface area contributed by atoms with Crippen LogP contribution in [0.1, 0.15) is 19.5 Å². The highest BCUT2D eigenvalue weighted by molar-refractivity contribution is 7.89. The lowest BCUT2D eigenvalue weighted by Crippen LogP contribution is -2.35. The van der Waals surface area contributed by atoms with Crippen LogP contribution < -0.4 is 5.14 Å². The normalized spacial score (nSPS) is 20.8. The molecule has 3 atom stereocenters. The number of aryl methyl sites for hydroxylation is 1. The Labute approximate surface area is 168 Å². The Morgan fingerprint density at radius 1 is 1.24 bits per heavy atom. The number of hydrogen-bond donors (Lipinski definition) is 3. The number of allylic oxidation sites excluding steroid dienone is 4. The number of phenolic OH excluding ortho intramolecular Hbond substituents is 1. The maximum absolute atomic E-state index is 11.8. The minimum atomic E-state index is -3.73. The molecule has 0 bridgehead atoms. The number of phenols is 1. The van der Waals surface area contributed by atoms with Crippen molar-refractivity contribution in [2.45, 2.75) is 26.0 Å². The zero-order valence-electron chi connectivity index (χ0n) is 16.3. The number of rotatable bonds is 5. The average molecular weight is 417 g/mol. The molecule has 1 heterocycles. The monoisotopic (exact) mass is 417 g/mol. The van der Waals surface area contributed by atoms with Crippen LogP contribution in [0.3, 0.4) is 0 Å². The minimum absolute atomic E-state index is 0.0347. The first-order valence-electron chi connectivity index (χ1n) is 9.00. The van der Waals surface area contributed by atoms with E-state index in [0.29, 0.717) is 11.4 Å². The van der Waals surface area contributed by atoms with Crippen LogP contribution in [-0.4, -0.2) is 33.7 Å². The number of nitrogens with two attached hydrogens (primary N) is 1. The van der Waals surface area contributed by atoms with Gasteiger partial charge in [-0.1, -0.05) is 31.2 Å². The van der Waals surface area contributed by atoms with Gasteiger partial charge in [0.05, 0.1) is 16.6 Å². The lowest BCUT2D eigenvalue weighted by Gasteiger charge is -2.27. The second-order valence-corrected chi connectivity index (χ2v) is 8.96. The van der Waals surface area contributed by atoms with Crippen LogP contribution in [0.5, 0.6) is 11.6 Å². The van der Waals surface area contributed by atoms with E-state index in [0.717, 1.165) is 0 Å². The van der Waals surface area contributed by atoms with E-state index in [1.807, 2.05) is 13.0 Å². The number of sulfonamides is 1. The number of azo groups is 1. The van der Waals surface area contributed by atoms with Gasteiger partial charge in [-0.2, -0.15) is 9.78 Å². The van der Waals surface area contributed by atoms with Gasteiger partial charge in [-0.05, 0) is 38.0 Å². The largest absolute Gasteiger partial charge is 0.506 e. The maximum Gasteiger partial charge on any atom is 0.243 e. The first kappa shape index (κ1) is 20.7. The topological polar surface area (TPSA) is 143 Å². The first-order chi connectivity index (χ1) is 13.6. The third kappa shape index (κ3) is 4.22. The molecule has 1 aromatic heterocycles. The van der Waals surface area contributed by atoms with Crippen molar-refractivity contribution >= 4 is 27.1 Å². The second-order valence-electron chi connectivity index (χ2n) is 7.04. The average Bonchev–Trinajstić information content (AvgIpc) is 2.94. The molecule has 1 aliphatic carbocycles. The molecule has 0 radical (unpaired) electrons. The van der Waals surface area contributed by atoms with Gasteiger partial charge in [-0.15, -0.1) is 10.2 Å². The molecule has 0 spiro atoms. The summed E-state index contributed by atoms with van der Waals surface area (Å²) in [6, 6.07) is 6.44. The summed E-state index contributed by atoms with van der Waals surface area (Å²) in [6.45, 7) is 5.12. The van der Waals surface area contributed by atoms with Crippen molar-refractivity contribution in [1.29, 1.82) is 0 Å². The standard InChI is InChI=1S/C19H23N5O4S/c1-11-8-9-14(10-15(11)13(3)29(20,27)28)24-19(26)18(12(2)23-24)22-21-16-6-4-5-7-17(16)25/h4-11,13,15,25-26H,1-3H3,(H2,20,27,28)/t11-,13?,15?/m1/s1. The molecule has 1 aromatic carbocycles. The van der Waals surface area contributed by atoms with Gasteiger partial charge < -0.3 is 10.2 Å². The molecule has 4 N–H and O–H groups in total. The highest BCUT2D eigenvalue weighted by Gasteiger charge is 2.31. The van der Waals surface area contributed by atoms with E-state index in [4.69, 9.17) is 5.14 Å². The summed E-state index contributed by atoms with van der Waals surface area (Å²) in [5.74, 6) is -0.701. The molecular formula is C19H23N5O4S. The number of para-hydroxylation sites is 1. The molecule has 10 heteroatoms. The Morgan fingerprint density at radius 2 is 1.93 bits per heavy atom. The van der Waals surface area contributed by atoms with Crippen LogP contribution >= 0.6 is 0 Å². The third-order valence-corrected chi connectivity index (χ3v) is 6.34. The van der Waals surface area contributed by atoms with E-state index in [2.05, 4.69) is 15.3 Å². The number of aromatic hydroxyl groups is 2. The Bertz CT molecular complexity index is 1120. The zero-order chi connectivity index (χ0) is 21.3. The van der Waals surface area contributed by atoms with Crippen LogP contribution in [-0.2, 0) is 10.0 Å². The Balaban J connectivity index is 1.97. The van der Waals surface area contributed by atoms with Gasteiger partial charge in [0.15, 0.2) is 5.69 Å². The van der Waals surface area contributed by atoms with Gasteiger partial charge in [0.2, 0.25) is 15.9 Å². The van der Waals surface area contributed by atoms with E-state index in [1.165, 1.54) is 10.7 Å². The maximum atomic E-state index is 11.8. The summed E-state index contributed by atoms with van der Waals surface area (Å²) in [4.78, 5) is 0. The molecule has 154 valence electrons. The Morgan fingerprint density at radius 3 is 2.59 bits per heavy atom.